The van der Waals surface area contributed by atoms with Gasteiger partial charge in [0.15, 0.2) is 0 Å². The standard InChI is InChI=1S/C12H17NO/c1-8-5-4-6-10-11(8)9(13)7-12(2,3)14-10/h4-6,9H,7,13H2,1-3H3. The summed E-state index contributed by atoms with van der Waals surface area (Å²) in [6, 6.07) is 6.21. The largest absolute Gasteiger partial charge is 0.487 e. The molecule has 0 bridgehead atoms. The van der Waals surface area contributed by atoms with Crippen LogP contribution in [0.5, 0.6) is 5.75 Å². The molecule has 0 fully saturated rings. The minimum Gasteiger partial charge on any atom is -0.487 e. The fraction of sp³-hybridized carbons (Fsp3) is 0.500. The molecule has 0 aliphatic carbocycles. The molecule has 1 heterocycles. The van der Waals surface area contributed by atoms with Crippen LogP contribution in [0.25, 0.3) is 0 Å². The van der Waals surface area contributed by atoms with Gasteiger partial charge in [-0.1, -0.05) is 12.1 Å². The highest BCUT2D eigenvalue weighted by Gasteiger charge is 2.32. The molecule has 2 heteroatoms. The maximum atomic E-state index is 6.14. The Bertz CT molecular complexity index is 357. The van der Waals surface area contributed by atoms with Crippen molar-refractivity contribution >= 4 is 0 Å². The Morgan fingerprint density at radius 2 is 2.14 bits per heavy atom. The van der Waals surface area contributed by atoms with Gasteiger partial charge in [-0.15, -0.1) is 0 Å². The average Bonchev–Trinajstić information content (AvgIpc) is 2.00. The molecule has 1 aliphatic rings. The van der Waals surface area contributed by atoms with Crippen LogP contribution < -0.4 is 10.5 Å². The second kappa shape index (κ2) is 2.99. The number of aryl methyl sites for hydroxylation is 1. The summed E-state index contributed by atoms with van der Waals surface area (Å²) in [6.45, 7) is 6.25. The van der Waals surface area contributed by atoms with E-state index >= 15 is 0 Å². The van der Waals surface area contributed by atoms with Crippen molar-refractivity contribution in [2.24, 2.45) is 5.73 Å². The Morgan fingerprint density at radius 1 is 1.43 bits per heavy atom. The topological polar surface area (TPSA) is 35.2 Å². The van der Waals surface area contributed by atoms with Crippen LogP contribution in [0, 0.1) is 6.92 Å². The zero-order valence-electron chi connectivity index (χ0n) is 9.00. The predicted octanol–water partition coefficient (Wildman–Crippen LogP) is 2.56. The molecule has 1 unspecified atom stereocenters. The van der Waals surface area contributed by atoms with Crippen molar-refractivity contribution in [1.29, 1.82) is 0 Å². The van der Waals surface area contributed by atoms with E-state index in [1.807, 2.05) is 12.1 Å². The summed E-state index contributed by atoms with van der Waals surface area (Å²) in [4.78, 5) is 0. The van der Waals surface area contributed by atoms with Crippen LogP contribution in [0.15, 0.2) is 18.2 Å². The minimum atomic E-state index is -0.139. The van der Waals surface area contributed by atoms with Gasteiger partial charge in [-0.3, -0.25) is 0 Å². The van der Waals surface area contributed by atoms with E-state index in [0.29, 0.717) is 0 Å². The van der Waals surface area contributed by atoms with Crippen LogP contribution in [0.4, 0.5) is 0 Å². The van der Waals surface area contributed by atoms with Gasteiger partial charge < -0.3 is 10.5 Å². The summed E-state index contributed by atoms with van der Waals surface area (Å²) in [5, 5.41) is 0. The van der Waals surface area contributed by atoms with Crippen LogP contribution in [0.1, 0.15) is 37.4 Å². The van der Waals surface area contributed by atoms with Crippen molar-refractivity contribution < 1.29 is 4.74 Å². The van der Waals surface area contributed by atoms with E-state index in [4.69, 9.17) is 10.5 Å². The van der Waals surface area contributed by atoms with Crippen LogP contribution in [-0.4, -0.2) is 5.60 Å². The van der Waals surface area contributed by atoms with E-state index in [1.165, 1.54) is 11.1 Å². The summed E-state index contributed by atoms with van der Waals surface area (Å²) >= 11 is 0. The van der Waals surface area contributed by atoms with Gasteiger partial charge in [-0.2, -0.15) is 0 Å². The average molecular weight is 191 g/mol. The van der Waals surface area contributed by atoms with E-state index in [2.05, 4.69) is 26.8 Å². The van der Waals surface area contributed by atoms with Gasteiger partial charge in [0, 0.05) is 18.0 Å². The Hall–Kier alpha value is -1.02. The molecule has 0 saturated carbocycles. The fourth-order valence-corrected chi connectivity index (χ4v) is 2.19. The molecule has 0 radical (unpaired) electrons. The highest BCUT2D eigenvalue weighted by molar-refractivity contribution is 5.43. The van der Waals surface area contributed by atoms with Gasteiger partial charge in [0.2, 0.25) is 0 Å². The van der Waals surface area contributed by atoms with Crippen LogP contribution >= 0.6 is 0 Å². The lowest BCUT2D eigenvalue weighted by Crippen LogP contribution is -2.37. The molecule has 0 saturated heterocycles. The zero-order valence-corrected chi connectivity index (χ0v) is 9.00. The summed E-state index contributed by atoms with van der Waals surface area (Å²) < 4.78 is 5.89. The molecule has 14 heavy (non-hydrogen) atoms. The first-order valence-electron chi connectivity index (χ1n) is 5.04. The maximum absolute atomic E-state index is 6.14. The van der Waals surface area contributed by atoms with Crippen molar-refractivity contribution in [1.82, 2.24) is 0 Å². The lowest BCUT2D eigenvalue weighted by Gasteiger charge is -2.36. The Labute approximate surface area is 85.1 Å². The quantitative estimate of drug-likeness (QED) is 0.684. The van der Waals surface area contributed by atoms with Crippen LogP contribution in [0.2, 0.25) is 0 Å². The zero-order chi connectivity index (χ0) is 10.3. The van der Waals surface area contributed by atoms with Crippen LogP contribution in [-0.2, 0) is 0 Å². The van der Waals surface area contributed by atoms with Crippen molar-refractivity contribution in [3.8, 4) is 5.75 Å². The number of hydrogen-bond acceptors (Lipinski definition) is 2. The number of rotatable bonds is 0. The predicted molar refractivity (Wildman–Crippen MR) is 57.4 cm³/mol. The van der Waals surface area contributed by atoms with Gasteiger partial charge in [-0.25, -0.2) is 0 Å². The molecule has 0 aromatic heterocycles. The van der Waals surface area contributed by atoms with Crippen LogP contribution in [0.3, 0.4) is 0 Å². The minimum absolute atomic E-state index is 0.106. The van der Waals surface area contributed by atoms with Gasteiger partial charge in [-0.05, 0) is 32.4 Å². The molecule has 2 rings (SSSR count). The van der Waals surface area contributed by atoms with Crippen molar-refractivity contribution in [2.75, 3.05) is 0 Å². The molecule has 2 N–H and O–H groups in total. The van der Waals surface area contributed by atoms with Gasteiger partial charge in [0.05, 0.1) is 0 Å². The number of fused-ring (bicyclic) bond motifs is 1. The van der Waals surface area contributed by atoms with E-state index in [1.54, 1.807) is 0 Å². The molecule has 1 aromatic rings. The lowest BCUT2D eigenvalue weighted by molar-refractivity contribution is 0.0726. The summed E-state index contributed by atoms with van der Waals surface area (Å²) in [7, 11) is 0. The molecule has 0 spiro atoms. The molecule has 0 amide bonds. The van der Waals surface area contributed by atoms with E-state index in [-0.39, 0.29) is 11.6 Å². The van der Waals surface area contributed by atoms with Crippen molar-refractivity contribution in [3.05, 3.63) is 29.3 Å². The van der Waals surface area contributed by atoms with Crippen molar-refractivity contribution in [3.63, 3.8) is 0 Å². The van der Waals surface area contributed by atoms with E-state index in [0.717, 1.165) is 12.2 Å². The molecule has 1 aromatic carbocycles. The van der Waals surface area contributed by atoms with E-state index in [9.17, 15) is 0 Å². The van der Waals surface area contributed by atoms with Crippen molar-refractivity contribution in [2.45, 2.75) is 38.8 Å². The number of ether oxygens (including phenoxy) is 1. The van der Waals surface area contributed by atoms with Gasteiger partial charge in [0.1, 0.15) is 11.4 Å². The number of nitrogens with two attached hydrogens (primary N) is 1. The SMILES string of the molecule is Cc1cccc2c1C(N)CC(C)(C)O2. The highest BCUT2D eigenvalue weighted by Crippen LogP contribution is 2.39. The second-order valence-corrected chi connectivity index (χ2v) is 4.66. The Balaban J connectivity index is 2.50. The third-order valence-corrected chi connectivity index (χ3v) is 2.75. The molecule has 76 valence electrons. The molecular weight excluding hydrogens is 174 g/mol. The lowest BCUT2D eigenvalue weighted by atomic mass is 9.88. The Morgan fingerprint density at radius 3 is 2.86 bits per heavy atom. The number of benzene rings is 1. The monoisotopic (exact) mass is 191 g/mol. The van der Waals surface area contributed by atoms with Gasteiger partial charge >= 0.3 is 0 Å². The summed E-state index contributed by atoms with van der Waals surface area (Å²) in [5.74, 6) is 0.953. The smallest absolute Gasteiger partial charge is 0.125 e. The summed E-state index contributed by atoms with van der Waals surface area (Å²) in [5.41, 5.74) is 8.40. The van der Waals surface area contributed by atoms with E-state index < -0.39 is 0 Å². The number of hydrogen-bond donors (Lipinski definition) is 1. The molecular formula is C12H17NO. The maximum Gasteiger partial charge on any atom is 0.125 e. The normalized spacial score (nSPS) is 23.9. The highest BCUT2D eigenvalue weighted by atomic mass is 16.5. The van der Waals surface area contributed by atoms with Gasteiger partial charge in [0.25, 0.3) is 0 Å². The molecule has 2 nitrogen and oxygen atoms in total. The molecule has 1 aliphatic heterocycles. The first-order valence-corrected chi connectivity index (χ1v) is 5.04. The second-order valence-electron chi connectivity index (χ2n) is 4.66. The fourth-order valence-electron chi connectivity index (χ4n) is 2.19. The third kappa shape index (κ3) is 1.50. The third-order valence-electron chi connectivity index (χ3n) is 2.75. The summed E-state index contributed by atoms with van der Waals surface area (Å²) in [6.07, 6.45) is 0.880. The molecule has 1 atom stereocenters. The first kappa shape index (κ1) is 9.53. The first-order chi connectivity index (χ1) is 6.49. The Kier molecular flexibility index (Phi) is 2.04.